The van der Waals surface area contributed by atoms with Gasteiger partial charge < -0.3 is 9.64 Å². The number of ether oxygens (including phenoxy) is 1. The predicted octanol–water partition coefficient (Wildman–Crippen LogP) is 1.89. The number of para-hydroxylation sites is 1. The van der Waals surface area contributed by atoms with Crippen LogP contribution in [0.5, 0.6) is 5.75 Å². The van der Waals surface area contributed by atoms with Crippen molar-refractivity contribution in [2.75, 3.05) is 24.4 Å². The summed E-state index contributed by atoms with van der Waals surface area (Å²) < 4.78 is 33.2. The topological polar surface area (TPSA) is 88.6 Å². The molecule has 8 heteroatoms. The molecular weight excluding hydrogens is 354 g/mol. The summed E-state index contributed by atoms with van der Waals surface area (Å²) in [6.07, 6.45) is 4.31. The van der Waals surface area contributed by atoms with Crippen LogP contribution in [0.4, 0.5) is 5.69 Å². The van der Waals surface area contributed by atoms with Gasteiger partial charge in [0.2, 0.25) is 10.0 Å². The lowest BCUT2D eigenvalue weighted by molar-refractivity contribution is -0.134. The summed E-state index contributed by atoms with van der Waals surface area (Å²) in [5, 5.41) is -0.640. The first kappa shape index (κ1) is 18.2. The molecule has 1 aromatic carbocycles. The number of sulfonamides is 1. The van der Waals surface area contributed by atoms with E-state index in [1.54, 1.807) is 47.5 Å². The van der Waals surface area contributed by atoms with Crippen LogP contribution in [0.15, 0.2) is 54.9 Å². The Morgan fingerprint density at radius 2 is 2.04 bits per heavy atom. The summed E-state index contributed by atoms with van der Waals surface area (Å²) in [4.78, 5) is 17.8. The van der Waals surface area contributed by atoms with Crippen molar-refractivity contribution in [2.45, 2.75) is 18.1 Å². The maximum atomic E-state index is 12.6. The second-order valence-corrected chi connectivity index (χ2v) is 8.06. The Morgan fingerprint density at radius 3 is 2.77 bits per heavy atom. The second kappa shape index (κ2) is 8.18. The van der Waals surface area contributed by atoms with E-state index in [9.17, 15) is 13.2 Å². The molecule has 0 aliphatic carbocycles. The lowest BCUT2D eigenvalue weighted by Crippen LogP contribution is -2.48. The van der Waals surface area contributed by atoms with Crippen LogP contribution >= 0.6 is 0 Å². The van der Waals surface area contributed by atoms with Crippen molar-refractivity contribution in [1.82, 2.24) is 9.88 Å². The number of nitrogens with zero attached hydrogens (tertiary/aromatic N) is 2. The SMILES string of the molecule is O=C(COc1cccnc1)N1CCC[C@H](S(=O)(=O)Nc2ccccc2)C1. The van der Waals surface area contributed by atoms with Gasteiger partial charge in [0.15, 0.2) is 6.61 Å². The molecule has 1 aromatic heterocycles. The Labute approximate surface area is 153 Å². The van der Waals surface area contributed by atoms with E-state index < -0.39 is 15.3 Å². The minimum Gasteiger partial charge on any atom is -0.482 e. The van der Waals surface area contributed by atoms with Crippen molar-refractivity contribution in [3.8, 4) is 5.75 Å². The number of hydrogen-bond donors (Lipinski definition) is 1. The summed E-state index contributed by atoms with van der Waals surface area (Å²) in [6, 6.07) is 12.2. The van der Waals surface area contributed by atoms with Crippen molar-refractivity contribution < 1.29 is 17.9 Å². The maximum Gasteiger partial charge on any atom is 0.260 e. The van der Waals surface area contributed by atoms with Crippen LogP contribution in [0.3, 0.4) is 0 Å². The van der Waals surface area contributed by atoms with Crippen LogP contribution in [0.1, 0.15) is 12.8 Å². The third-order valence-corrected chi connectivity index (χ3v) is 5.98. The van der Waals surface area contributed by atoms with Gasteiger partial charge in [-0.1, -0.05) is 18.2 Å². The molecule has 26 heavy (non-hydrogen) atoms. The first-order chi connectivity index (χ1) is 12.5. The maximum absolute atomic E-state index is 12.6. The number of benzene rings is 1. The number of amides is 1. The Hall–Kier alpha value is -2.61. The number of hydrogen-bond acceptors (Lipinski definition) is 5. The monoisotopic (exact) mass is 375 g/mol. The van der Waals surface area contributed by atoms with E-state index in [0.717, 1.165) is 0 Å². The fourth-order valence-electron chi connectivity index (χ4n) is 2.84. The zero-order chi connectivity index (χ0) is 18.4. The molecule has 0 unspecified atom stereocenters. The van der Waals surface area contributed by atoms with Gasteiger partial charge in [0, 0.05) is 25.0 Å². The first-order valence-corrected chi connectivity index (χ1v) is 9.96. The predicted molar refractivity (Wildman–Crippen MR) is 98.3 cm³/mol. The van der Waals surface area contributed by atoms with Gasteiger partial charge in [0.1, 0.15) is 5.75 Å². The molecule has 1 saturated heterocycles. The van der Waals surface area contributed by atoms with Crippen LogP contribution in [-0.4, -0.2) is 49.2 Å². The molecule has 0 spiro atoms. The number of nitrogens with one attached hydrogen (secondary N) is 1. The van der Waals surface area contributed by atoms with Crippen LogP contribution in [0, 0.1) is 0 Å². The molecule has 0 radical (unpaired) electrons. The number of anilines is 1. The van der Waals surface area contributed by atoms with Gasteiger partial charge >= 0.3 is 0 Å². The fourth-order valence-corrected chi connectivity index (χ4v) is 4.33. The number of likely N-dealkylation sites (tertiary alicyclic amines) is 1. The average molecular weight is 375 g/mol. The molecular formula is C18H21N3O4S. The van der Waals surface area contributed by atoms with Crippen molar-refractivity contribution in [2.24, 2.45) is 0 Å². The molecule has 3 rings (SSSR count). The van der Waals surface area contributed by atoms with E-state index in [4.69, 9.17) is 4.74 Å². The van der Waals surface area contributed by atoms with Crippen LogP contribution in [0.25, 0.3) is 0 Å². The molecule has 0 bridgehead atoms. The van der Waals surface area contributed by atoms with Crippen molar-refractivity contribution in [3.63, 3.8) is 0 Å². The van der Waals surface area contributed by atoms with Crippen LogP contribution < -0.4 is 9.46 Å². The number of carbonyl (C=O) groups is 1. The van der Waals surface area contributed by atoms with E-state index in [0.29, 0.717) is 30.8 Å². The van der Waals surface area contributed by atoms with Gasteiger partial charge in [-0.3, -0.25) is 14.5 Å². The number of aromatic nitrogens is 1. The zero-order valence-corrected chi connectivity index (χ0v) is 15.1. The molecule has 1 aliphatic rings. The molecule has 7 nitrogen and oxygen atoms in total. The van der Waals surface area contributed by atoms with Crippen LogP contribution in [-0.2, 0) is 14.8 Å². The highest BCUT2D eigenvalue weighted by Crippen LogP contribution is 2.20. The van der Waals surface area contributed by atoms with Gasteiger partial charge in [-0.15, -0.1) is 0 Å². The van der Waals surface area contributed by atoms with E-state index in [1.807, 2.05) is 6.07 Å². The third kappa shape index (κ3) is 4.72. The number of pyridine rings is 1. The highest BCUT2D eigenvalue weighted by Gasteiger charge is 2.32. The van der Waals surface area contributed by atoms with E-state index >= 15 is 0 Å². The van der Waals surface area contributed by atoms with Gasteiger partial charge in [-0.25, -0.2) is 8.42 Å². The summed E-state index contributed by atoms with van der Waals surface area (Å²) in [6.45, 7) is 0.564. The molecule has 2 heterocycles. The Bertz CT molecular complexity index is 828. The molecule has 1 N–H and O–H groups in total. The lowest BCUT2D eigenvalue weighted by atomic mass is 10.1. The van der Waals surface area contributed by atoms with Crippen molar-refractivity contribution in [3.05, 3.63) is 54.9 Å². The molecule has 2 aromatic rings. The Morgan fingerprint density at radius 1 is 1.23 bits per heavy atom. The minimum atomic E-state index is -3.56. The summed E-state index contributed by atoms with van der Waals surface area (Å²) in [7, 11) is -3.56. The van der Waals surface area contributed by atoms with Gasteiger partial charge in [0.25, 0.3) is 5.91 Å². The number of piperidine rings is 1. The van der Waals surface area contributed by atoms with E-state index in [1.165, 1.54) is 6.20 Å². The number of rotatable bonds is 6. The summed E-state index contributed by atoms with van der Waals surface area (Å²) in [5.74, 6) is 0.279. The standard InChI is InChI=1S/C18H21N3O4S/c22-18(14-25-16-8-4-10-19-12-16)21-11-5-9-17(13-21)26(23,24)20-15-6-2-1-3-7-15/h1-4,6-8,10,12,17,20H,5,9,11,13-14H2/t17-/m0/s1. The second-order valence-electron chi connectivity index (χ2n) is 6.09. The Balaban J connectivity index is 1.58. The van der Waals surface area contributed by atoms with Gasteiger partial charge in [-0.2, -0.15) is 0 Å². The largest absolute Gasteiger partial charge is 0.482 e. The average Bonchev–Trinajstić information content (AvgIpc) is 2.67. The summed E-state index contributed by atoms with van der Waals surface area (Å²) in [5.41, 5.74) is 0.524. The van der Waals surface area contributed by atoms with Crippen molar-refractivity contribution in [1.29, 1.82) is 0 Å². The minimum absolute atomic E-state index is 0.134. The lowest BCUT2D eigenvalue weighted by Gasteiger charge is -2.32. The normalized spacial score (nSPS) is 17.5. The van der Waals surface area contributed by atoms with Crippen molar-refractivity contribution >= 4 is 21.6 Å². The van der Waals surface area contributed by atoms with Gasteiger partial charge in [-0.05, 0) is 37.1 Å². The first-order valence-electron chi connectivity index (χ1n) is 8.42. The van der Waals surface area contributed by atoms with E-state index in [-0.39, 0.29) is 19.1 Å². The molecule has 1 amide bonds. The zero-order valence-electron chi connectivity index (χ0n) is 14.2. The fraction of sp³-hybridized carbons (Fsp3) is 0.333. The van der Waals surface area contributed by atoms with Gasteiger partial charge in [0.05, 0.1) is 11.4 Å². The summed E-state index contributed by atoms with van der Waals surface area (Å²) >= 11 is 0. The van der Waals surface area contributed by atoms with Crippen LogP contribution in [0.2, 0.25) is 0 Å². The molecule has 1 aliphatic heterocycles. The molecule has 1 fully saturated rings. The molecule has 1 atom stereocenters. The highest BCUT2D eigenvalue weighted by atomic mass is 32.2. The third-order valence-electron chi connectivity index (χ3n) is 4.20. The molecule has 0 saturated carbocycles. The molecule has 138 valence electrons. The number of carbonyl (C=O) groups excluding carboxylic acids is 1. The Kier molecular flexibility index (Phi) is 5.72. The smallest absolute Gasteiger partial charge is 0.260 e. The quantitative estimate of drug-likeness (QED) is 0.833. The highest BCUT2D eigenvalue weighted by molar-refractivity contribution is 7.93. The van der Waals surface area contributed by atoms with E-state index in [2.05, 4.69) is 9.71 Å².